The van der Waals surface area contributed by atoms with Gasteiger partial charge in [0.15, 0.2) is 12.0 Å². The second-order valence-corrected chi connectivity index (χ2v) is 9.74. The molecule has 6 aromatic rings. The van der Waals surface area contributed by atoms with E-state index in [-0.39, 0.29) is 29.1 Å². The Balaban J connectivity index is 1.17. The van der Waals surface area contributed by atoms with Gasteiger partial charge in [0, 0.05) is 29.3 Å². The molecule has 6 rings (SSSR count). The lowest BCUT2D eigenvalue weighted by molar-refractivity contribution is -0.147. The summed E-state index contributed by atoms with van der Waals surface area (Å²) >= 11 is 0. The van der Waals surface area contributed by atoms with E-state index in [1.165, 1.54) is 18.2 Å². The Morgan fingerprint density at radius 2 is 1.62 bits per heavy atom. The van der Waals surface area contributed by atoms with Crippen LogP contribution in [0.25, 0.3) is 39.2 Å². The highest BCUT2D eigenvalue weighted by Crippen LogP contribution is 2.31. The first-order chi connectivity index (χ1) is 20.4. The van der Waals surface area contributed by atoms with Crippen molar-refractivity contribution in [3.63, 3.8) is 0 Å². The number of hydrogen-bond donors (Lipinski definition) is 1. The van der Waals surface area contributed by atoms with Gasteiger partial charge in [-0.1, -0.05) is 72.3 Å². The van der Waals surface area contributed by atoms with Gasteiger partial charge in [0.25, 0.3) is 0 Å². The summed E-state index contributed by atoms with van der Waals surface area (Å²) < 4.78 is 18.8. The number of aromatic nitrogens is 2. The molecule has 0 aliphatic heterocycles. The lowest BCUT2D eigenvalue weighted by atomic mass is 10.1. The fourth-order valence-corrected chi connectivity index (χ4v) is 4.69. The van der Waals surface area contributed by atoms with Crippen molar-refractivity contribution in [1.29, 1.82) is 0 Å². The highest BCUT2D eigenvalue weighted by atomic mass is 16.6. The zero-order valence-corrected chi connectivity index (χ0v) is 22.7. The largest absolute Gasteiger partial charge is 0.507 e. The molecule has 2 aromatic heterocycles. The van der Waals surface area contributed by atoms with E-state index in [9.17, 15) is 14.7 Å². The summed E-state index contributed by atoms with van der Waals surface area (Å²) in [6.07, 6.45) is 0. The van der Waals surface area contributed by atoms with Crippen LogP contribution in [0.1, 0.15) is 11.3 Å². The maximum absolute atomic E-state index is 12.7. The van der Waals surface area contributed by atoms with Crippen LogP contribution in [0.4, 0.5) is 0 Å². The zero-order chi connectivity index (χ0) is 29.1. The Labute approximate surface area is 241 Å². The average molecular weight is 559 g/mol. The number of fused-ring (bicyclic) bond motifs is 1. The van der Waals surface area contributed by atoms with Gasteiger partial charge in [0.1, 0.15) is 40.5 Å². The average Bonchev–Trinajstić information content (AvgIpc) is 3.44. The van der Waals surface area contributed by atoms with Gasteiger partial charge in [-0.15, -0.1) is 0 Å². The number of aryl methyl sites for hydroxylation is 1. The van der Waals surface area contributed by atoms with Gasteiger partial charge in [0.2, 0.25) is 0 Å². The minimum atomic E-state index is -0.625. The predicted molar refractivity (Wildman–Crippen MR) is 159 cm³/mol. The maximum atomic E-state index is 12.7. The number of benzene rings is 4. The van der Waals surface area contributed by atoms with Crippen LogP contribution < -0.4 is 10.2 Å². The van der Waals surface area contributed by atoms with Crippen molar-refractivity contribution >= 4 is 16.9 Å². The van der Waals surface area contributed by atoms with Crippen molar-refractivity contribution in [2.75, 3.05) is 6.61 Å². The topological polar surface area (TPSA) is 104 Å². The fraction of sp³-hybridized carbons (Fsp3) is 0.0882. The molecule has 0 spiro atoms. The molecule has 0 aliphatic rings. The van der Waals surface area contributed by atoms with E-state index >= 15 is 0 Å². The quantitative estimate of drug-likeness (QED) is 0.214. The molecule has 0 aliphatic carbocycles. The standard InChI is InChI=1S/C34H26N2O6/c1-22-9-8-12-24(15-22)28-16-25(35-36(28)26-13-6-3-7-14-26)20-41-33(39)21-40-27-17-29(37)34-30(38)19-31(42-32(34)18-27)23-10-4-2-5-11-23/h2-19,37H,20-21H2,1H3. The lowest BCUT2D eigenvalue weighted by Crippen LogP contribution is -2.15. The van der Waals surface area contributed by atoms with Crippen LogP contribution in [-0.2, 0) is 16.1 Å². The van der Waals surface area contributed by atoms with Crippen LogP contribution in [0, 0.1) is 6.92 Å². The monoisotopic (exact) mass is 558 g/mol. The molecule has 8 heteroatoms. The minimum Gasteiger partial charge on any atom is -0.507 e. The molecule has 8 nitrogen and oxygen atoms in total. The Bertz CT molecular complexity index is 1940. The predicted octanol–water partition coefficient (Wildman–Crippen LogP) is 6.45. The van der Waals surface area contributed by atoms with Gasteiger partial charge < -0.3 is 19.0 Å². The summed E-state index contributed by atoms with van der Waals surface area (Å²) in [5.41, 5.74) is 4.90. The molecule has 0 unspecified atom stereocenters. The molecule has 0 atom stereocenters. The number of ether oxygens (including phenoxy) is 2. The van der Waals surface area contributed by atoms with Crippen LogP contribution in [0.5, 0.6) is 11.5 Å². The van der Waals surface area contributed by atoms with E-state index in [2.05, 4.69) is 11.2 Å². The van der Waals surface area contributed by atoms with E-state index in [1.807, 2.05) is 96.5 Å². The molecule has 0 bridgehead atoms. The first-order valence-electron chi connectivity index (χ1n) is 13.3. The van der Waals surface area contributed by atoms with E-state index in [4.69, 9.17) is 13.9 Å². The summed E-state index contributed by atoms with van der Waals surface area (Å²) in [5.74, 6) is -0.427. The van der Waals surface area contributed by atoms with Crippen molar-refractivity contribution in [2.45, 2.75) is 13.5 Å². The highest BCUT2D eigenvalue weighted by Gasteiger charge is 2.16. The second-order valence-electron chi connectivity index (χ2n) is 9.74. The lowest BCUT2D eigenvalue weighted by Gasteiger charge is -2.09. The number of para-hydroxylation sites is 1. The second kappa shape index (κ2) is 11.5. The van der Waals surface area contributed by atoms with Crippen molar-refractivity contribution in [1.82, 2.24) is 9.78 Å². The van der Waals surface area contributed by atoms with Crippen molar-refractivity contribution < 1.29 is 23.8 Å². The normalized spacial score (nSPS) is 11.0. The zero-order valence-electron chi connectivity index (χ0n) is 22.7. The molecule has 0 amide bonds. The van der Waals surface area contributed by atoms with Crippen LogP contribution >= 0.6 is 0 Å². The Morgan fingerprint density at radius 1 is 0.881 bits per heavy atom. The molecular weight excluding hydrogens is 532 g/mol. The molecule has 2 heterocycles. The summed E-state index contributed by atoms with van der Waals surface area (Å²) in [5, 5.41) is 15.2. The first kappa shape index (κ1) is 26.6. The van der Waals surface area contributed by atoms with Gasteiger partial charge >= 0.3 is 5.97 Å². The molecule has 0 fully saturated rings. The van der Waals surface area contributed by atoms with Crippen LogP contribution in [0.2, 0.25) is 0 Å². The summed E-state index contributed by atoms with van der Waals surface area (Å²) in [6, 6.07) is 32.9. The van der Waals surface area contributed by atoms with Crippen LogP contribution in [-0.4, -0.2) is 27.5 Å². The van der Waals surface area contributed by atoms with Gasteiger partial charge in [-0.25, -0.2) is 9.48 Å². The molecule has 1 N–H and O–H groups in total. The van der Waals surface area contributed by atoms with E-state index in [0.717, 1.165) is 22.5 Å². The first-order valence-corrected chi connectivity index (χ1v) is 13.3. The van der Waals surface area contributed by atoms with E-state index in [0.29, 0.717) is 17.0 Å². The number of rotatable bonds is 8. The third kappa shape index (κ3) is 5.64. The Hall–Kier alpha value is -5.63. The van der Waals surface area contributed by atoms with Crippen LogP contribution in [0.3, 0.4) is 0 Å². The number of nitrogens with zero attached hydrogens (tertiary/aromatic N) is 2. The fourth-order valence-electron chi connectivity index (χ4n) is 4.69. The Morgan fingerprint density at radius 3 is 2.38 bits per heavy atom. The molecular formula is C34H26N2O6. The third-order valence-electron chi connectivity index (χ3n) is 6.65. The van der Waals surface area contributed by atoms with E-state index in [1.54, 1.807) is 0 Å². The van der Waals surface area contributed by atoms with Crippen molar-refractivity contribution in [3.8, 4) is 39.8 Å². The number of esters is 1. The van der Waals surface area contributed by atoms with E-state index < -0.39 is 18.0 Å². The third-order valence-corrected chi connectivity index (χ3v) is 6.65. The molecule has 42 heavy (non-hydrogen) atoms. The number of carbonyl (C=O) groups is 1. The molecule has 0 saturated carbocycles. The highest BCUT2D eigenvalue weighted by molar-refractivity contribution is 5.86. The number of aromatic hydroxyl groups is 1. The summed E-state index contributed by atoms with van der Waals surface area (Å²) in [7, 11) is 0. The van der Waals surface area contributed by atoms with Gasteiger partial charge in [-0.05, 0) is 31.2 Å². The number of phenols is 1. The number of phenolic OH excluding ortho intramolecular Hbond substituents is 1. The molecule has 208 valence electrons. The van der Waals surface area contributed by atoms with Crippen LogP contribution in [0.15, 0.2) is 118 Å². The minimum absolute atomic E-state index is 0.0306. The van der Waals surface area contributed by atoms with Crippen molar-refractivity contribution in [2.24, 2.45) is 0 Å². The van der Waals surface area contributed by atoms with Gasteiger partial charge in [-0.3, -0.25) is 4.79 Å². The molecule has 4 aromatic carbocycles. The molecule has 0 radical (unpaired) electrons. The summed E-state index contributed by atoms with van der Waals surface area (Å²) in [4.78, 5) is 25.3. The SMILES string of the molecule is Cc1cccc(-c2cc(COC(=O)COc3cc(O)c4c(=O)cc(-c5ccccc5)oc4c3)nn2-c2ccccc2)c1. The number of hydrogen-bond acceptors (Lipinski definition) is 7. The van der Waals surface area contributed by atoms with Gasteiger partial charge in [0.05, 0.1) is 11.4 Å². The van der Waals surface area contributed by atoms with Crippen molar-refractivity contribution in [3.05, 3.63) is 131 Å². The Kier molecular flexibility index (Phi) is 7.26. The number of carbonyl (C=O) groups excluding carboxylic acids is 1. The smallest absolute Gasteiger partial charge is 0.344 e. The summed E-state index contributed by atoms with van der Waals surface area (Å²) in [6.45, 7) is 1.55. The molecule has 0 saturated heterocycles. The van der Waals surface area contributed by atoms with Gasteiger partial charge in [-0.2, -0.15) is 5.10 Å². The maximum Gasteiger partial charge on any atom is 0.344 e.